The zero-order chi connectivity index (χ0) is 25.2. The smallest absolute Gasteiger partial charge is 0.422 e. The summed E-state index contributed by atoms with van der Waals surface area (Å²) in [6.07, 6.45) is 10.0. The first-order valence-electron chi connectivity index (χ1n) is 13.1. The molecule has 7 heteroatoms. The summed E-state index contributed by atoms with van der Waals surface area (Å²) in [6.45, 7) is 3.83. The highest BCUT2D eigenvalue weighted by Crippen LogP contribution is 2.50. The normalized spacial score (nSPS) is 31.5. The number of halogens is 5. The monoisotopic (exact) mass is 498 g/mol. The van der Waals surface area contributed by atoms with Gasteiger partial charge in [0.05, 0.1) is 5.92 Å². The molecule has 0 amide bonds. The fourth-order valence-corrected chi connectivity index (χ4v) is 7.09. The minimum Gasteiger partial charge on any atom is -0.426 e. The van der Waals surface area contributed by atoms with Crippen molar-refractivity contribution in [2.75, 3.05) is 0 Å². The molecule has 0 aromatic heterocycles. The molecule has 0 N–H and O–H groups in total. The van der Waals surface area contributed by atoms with Crippen LogP contribution in [0.2, 0.25) is 0 Å². The van der Waals surface area contributed by atoms with Crippen LogP contribution in [0.3, 0.4) is 0 Å². The topological polar surface area (TPSA) is 26.3 Å². The molecule has 4 unspecified atom stereocenters. The number of hydrogen-bond donors (Lipinski definition) is 0. The molecule has 0 bridgehead atoms. The summed E-state index contributed by atoms with van der Waals surface area (Å²) < 4.78 is 71.5. The number of hydrogen-bond acceptors (Lipinski definition) is 2. The lowest BCUT2D eigenvalue weighted by Gasteiger charge is -2.46. The predicted molar refractivity (Wildman–Crippen MR) is 124 cm³/mol. The van der Waals surface area contributed by atoms with Gasteiger partial charge in [-0.2, -0.15) is 13.2 Å². The molecule has 0 aliphatic heterocycles. The Bertz CT molecular complexity index is 880. The van der Waals surface area contributed by atoms with Gasteiger partial charge in [0.1, 0.15) is 22.9 Å². The Hall–Kier alpha value is -1.92. The molecule has 0 spiro atoms. The molecule has 0 heterocycles. The van der Waals surface area contributed by atoms with Crippen molar-refractivity contribution in [3.05, 3.63) is 42.0 Å². The Morgan fingerprint density at radius 3 is 2.23 bits per heavy atom. The van der Waals surface area contributed by atoms with E-state index in [1.165, 1.54) is 32.1 Å². The van der Waals surface area contributed by atoms with Gasteiger partial charge in [0.25, 0.3) is 0 Å². The Balaban J connectivity index is 1.35. The van der Waals surface area contributed by atoms with Gasteiger partial charge >= 0.3 is 12.1 Å². The zero-order valence-corrected chi connectivity index (χ0v) is 20.1. The number of benzene rings is 1. The van der Waals surface area contributed by atoms with Crippen LogP contribution in [0.5, 0.6) is 5.75 Å². The van der Waals surface area contributed by atoms with Gasteiger partial charge in [-0.15, -0.1) is 6.58 Å². The van der Waals surface area contributed by atoms with Crippen LogP contribution in [0.15, 0.2) is 24.8 Å². The van der Waals surface area contributed by atoms with Crippen molar-refractivity contribution in [2.45, 2.75) is 83.2 Å². The Morgan fingerprint density at radius 2 is 1.60 bits per heavy atom. The van der Waals surface area contributed by atoms with Gasteiger partial charge in [-0.1, -0.05) is 31.8 Å². The molecule has 4 rings (SSSR count). The first-order valence-corrected chi connectivity index (χ1v) is 13.1. The highest BCUT2D eigenvalue weighted by molar-refractivity contribution is 5.75. The summed E-state index contributed by atoms with van der Waals surface area (Å²) in [5.41, 5.74) is -1.97. The molecule has 3 aliphatic rings. The fraction of sp³-hybridized carbons (Fsp3) is 0.679. The summed E-state index contributed by atoms with van der Waals surface area (Å²) in [6, 6.07) is 0.902. The maximum Gasteiger partial charge on any atom is 0.422 e. The minimum atomic E-state index is -5.16. The van der Waals surface area contributed by atoms with E-state index >= 15 is 0 Å². The molecule has 2 nitrogen and oxygen atoms in total. The van der Waals surface area contributed by atoms with Gasteiger partial charge in [-0.25, -0.2) is 8.78 Å². The third-order valence-electron chi connectivity index (χ3n) is 8.85. The van der Waals surface area contributed by atoms with Crippen molar-refractivity contribution in [1.82, 2.24) is 0 Å². The van der Waals surface area contributed by atoms with Crippen molar-refractivity contribution in [1.29, 1.82) is 0 Å². The summed E-state index contributed by atoms with van der Waals surface area (Å²) in [5.74, 6) is -2.18. The van der Waals surface area contributed by atoms with Crippen LogP contribution < -0.4 is 4.74 Å². The second-order valence-electron chi connectivity index (χ2n) is 10.9. The number of fused-ring (bicyclic) bond motifs is 1. The SMILES string of the molecule is C=CCCC1CCC(C2CCC3C(CCCC3C(=O)Oc3cc(F)c(C(F)(F)F)c(F)c3)C2)CC1. The van der Waals surface area contributed by atoms with Crippen LogP contribution in [-0.2, 0) is 11.0 Å². The molecule has 3 aliphatic carbocycles. The molecule has 0 radical (unpaired) electrons. The lowest BCUT2D eigenvalue weighted by molar-refractivity contribution is -0.144. The summed E-state index contributed by atoms with van der Waals surface area (Å²) >= 11 is 0. The van der Waals surface area contributed by atoms with E-state index in [-0.39, 0.29) is 11.8 Å². The molecule has 3 saturated carbocycles. The molecule has 3 fully saturated rings. The van der Waals surface area contributed by atoms with Crippen molar-refractivity contribution in [3.63, 3.8) is 0 Å². The molecule has 35 heavy (non-hydrogen) atoms. The van der Waals surface area contributed by atoms with E-state index in [2.05, 4.69) is 6.58 Å². The lowest BCUT2D eigenvalue weighted by Crippen LogP contribution is -2.40. The maximum atomic E-state index is 13.9. The highest BCUT2D eigenvalue weighted by atomic mass is 19.4. The number of carbonyl (C=O) groups excluding carboxylic acids is 1. The van der Waals surface area contributed by atoms with Crippen LogP contribution in [0.25, 0.3) is 0 Å². The van der Waals surface area contributed by atoms with Crippen LogP contribution in [-0.4, -0.2) is 5.97 Å². The number of alkyl halides is 3. The number of rotatable bonds is 6. The van der Waals surface area contributed by atoms with Gasteiger partial charge in [-0.05, 0) is 81.0 Å². The number of allylic oxidation sites excluding steroid dienone is 1. The first-order chi connectivity index (χ1) is 16.7. The average molecular weight is 499 g/mol. The van der Waals surface area contributed by atoms with Crippen LogP contribution in [0.4, 0.5) is 22.0 Å². The van der Waals surface area contributed by atoms with Crippen molar-refractivity contribution in [3.8, 4) is 5.75 Å². The van der Waals surface area contributed by atoms with Gasteiger partial charge < -0.3 is 4.74 Å². The molecule has 0 saturated heterocycles. The van der Waals surface area contributed by atoms with Crippen LogP contribution in [0, 0.1) is 47.1 Å². The van der Waals surface area contributed by atoms with Gasteiger partial charge in [0, 0.05) is 12.1 Å². The minimum absolute atomic E-state index is 0.167. The van der Waals surface area contributed by atoms with Gasteiger partial charge in [0.15, 0.2) is 0 Å². The largest absolute Gasteiger partial charge is 0.426 e. The predicted octanol–water partition coefficient (Wildman–Crippen LogP) is 8.49. The number of ether oxygens (including phenoxy) is 1. The summed E-state index contributed by atoms with van der Waals surface area (Å²) in [4.78, 5) is 12.9. The number of carbonyl (C=O) groups is 1. The Labute approximate surface area is 204 Å². The van der Waals surface area contributed by atoms with E-state index in [1.54, 1.807) is 0 Å². The zero-order valence-electron chi connectivity index (χ0n) is 20.1. The molecule has 4 atom stereocenters. The highest BCUT2D eigenvalue weighted by Gasteiger charge is 2.44. The Kier molecular flexibility index (Phi) is 8.22. The van der Waals surface area contributed by atoms with Crippen LogP contribution >= 0.6 is 0 Å². The van der Waals surface area contributed by atoms with Crippen molar-refractivity contribution in [2.24, 2.45) is 35.5 Å². The second-order valence-corrected chi connectivity index (χ2v) is 10.9. The first kappa shape index (κ1) is 26.2. The van der Waals surface area contributed by atoms with E-state index in [4.69, 9.17) is 4.74 Å². The Morgan fingerprint density at radius 1 is 0.943 bits per heavy atom. The maximum absolute atomic E-state index is 13.9. The van der Waals surface area contributed by atoms with E-state index in [1.807, 2.05) is 6.08 Å². The van der Waals surface area contributed by atoms with E-state index in [9.17, 15) is 26.7 Å². The van der Waals surface area contributed by atoms with E-state index in [0.29, 0.717) is 30.4 Å². The fourth-order valence-electron chi connectivity index (χ4n) is 7.09. The van der Waals surface area contributed by atoms with Gasteiger partial charge in [-0.3, -0.25) is 4.79 Å². The number of esters is 1. The van der Waals surface area contributed by atoms with Crippen molar-refractivity contribution >= 4 is 5.97 Å². The molecular formula is C28H35F5O2. The van der Waals surface area contributed by atoms with Crippen molar-refractivity contribution < 1.29 is 31.5 Å². The van der Waals surface area contributed by atoms with E-state index < -0.39 is 35.1 Å². The summed E-state index contributed by atoms with van der Waals surface area (Å²) in [5, 5.41) is 0. The van der Waals surface area contributed by atoms with Gasteiger partial charge in [0.2, 0.25) is 0 Å². The second kappa shape index (κ2) is 11.0. The molecular weight excluding hydrogens is 463 g/mol. The van der Waals surface area contributed by atoms with Crippen LogP contribution in [0.1, 0.15) is 82.6 Å². The molecule has 1 aromatic carbocycles. The quantitative estimate of drug-likeness (QED) is 0.170. The lowest BCUT2D eigenvalue weighted by atomic mass is 9.59. The molecule has 194 valence electrons. The third kappa shape index (κ3) is 6.08. The third-order valence-corrected chi connectivity index (χ3v) is 8.85. The van der Waals surface area contributed by atoms with E-state index in [0.717, 1.165) is 50.4 Å². The summed E-state index contributed by atoms with van der Waals surface area (Å²) in [7, 11) is 0. The standard InChI is InChI=1S/C28H35F5O2/c1-2-3-5-17-8-10-18(11-9-17)19-12-13-22-20(14-19)6-4-7-23(22)27(34)35-21-15-24(29)26(25(30)16-21)28(31,32)33/h2,15-20,22-23H,1,3-14H2. The molecule has 1 aromatic rings. The average Bonchev–Trinajstić information content (AvgIpc) is 2.81.